The van der Waals surface area contributed by atoms with Crippen LogP contribution in [0.4, 0.5) is 0 Å². The van der Waals surface area contributed by atoms with E-state index in [1.165, 1.54) is 0 Å². The molecule has 25 heavy (non-hydrogen) atoms. The van der Waals surface area contributed by atoms with Crippen molar-refractivity contribution in [2.75, 3.05) is 46.0 Å². The third kappa shape index (κ3) is 6.12. The molecule has 0 saturated carbocycles. The van der Waals surface area contributed by atoms with Gasteiger partial charge in [0.1, 0.15) is 6.04 Å². The summed E-state index contributed by atoms with van der Waals surface area (Å²) >= 11 is 0. The van der Waals surface area contributed by atoms with Crippen LogP contribution in [-0.2, 0) is 14.3 Å². The van der Waals surface area contributed by atoms with E-state index in [0.29, 0.717) is 19.8 Å². The molecule has 1 aliphatic rings. The summed E-state index contributed by atoms with van der Waals surface area (Å²) in [6, 6.07) is 8.39. The van der Waals surface area contributed by atoms with Crippen LogP contribution in [0.2, 0.25) is 0 Å². The Morgan fingerprint density at radius 2 is 1.88 bits per heavy atom. The molecule has 138 valence electrons. The summed E-state index contributed by atoms with van der Waals surface area (Å²) in [4.78, 5) is 26.7. The number of nitrogens with one attached hydrogen (secondary N) is 2. The molecule has 2 atom stereocenters. The molecule has 0 aromatic heterocycles. The van der Waals surface area contributed by atoms with E-state index in [4.69, 9.17) is 4.74 Å². The fourth-order valence-electron chi connectivity index (χ4n) is 2.67. The number of carbonyl (C=O) groups excluding carboxylic acids is 2. The Morgan fingerprint density at radius 1 is 1.20 bits per heavy atom. The highest BCUT2D eigenvalue weighted by molar-refractivity contribution is 5.90. The molecule has 0 spiro atoms. The fourth-order valence-corrected chi connectivity index (χ4v) is 2.67. The summed E-state index contributed by atoms with van der Waals surface area (Å²) in [6.07, 6.45) is 0. The number of rotatable bonds is 8. The second-order valence-electron chi connectivity index (χ2n) is 6.12. The Bertz CT molecular complexity index is 547. The van der Waals surface area contributed by atoms with Crippen molar-refractivity contribution < 1.29 is 19.4 Å². The SMILES string of the molecule is CC(C(=O)NC(CO)C(=O)NCCN1CCOCC1)c1ccccc1. The minimum absolute atomic E-state index is 0.284. The quantitative estimate of drug-likeness (QED) is 0.600. The van der Waals surface area contributed by atoms with Crippen LogP contribution < -0.4 is 10.6 Å². The third-order valence-electron chi connectivity index (χ3n) is 4.34. The minimum Gasteiger partial charge on any atom is -0.394 e. The van der Waals surface area contributed by atoms with Crippen molar-refractivity contribution in [3.8, 4) is 0 Å². The number of carbonyl (C=O) groups is 2. The second-order valence-corrected chi connectivity index (χ2v) is 6.12. The zero-order valence-electron chi connectivity index (χ0n) is 14.6. The fraction of sp³-hybridized carbons (Fsp3) is 0.556. The van der Waals surface area contributed by atoms with E-state index in [0.717, 1.165) is 25.2 Å². The second kappa shape index (κ2) is 10.1. The molecule has 0 radical (unpaired) electrons. The predicted octanol–water partition coefficient (Wildman–Crippen LogP) is -0.284. The van der Waals surface area contributed by atoms with Crippen molar-refractivity contribution in [1.82, 2.24) is 15.5 Å². The van der Waals surface area contributed by atoms with Gasteiger partial charge in [-0.1, -0.05) is 30.3 Å². The van der Waals surface area contributed by atoms with Gasteiger partial charge in [0, 0.05) is 26.2 Å². The number of hydrogen-bond acceptors (Lipinski definition) is 5. The molecule has 3 N–H and O–H groups in total. The van der Waals surface area contributed by atoms with E-state index in [2.05, 4.69) is 15.5 Å². The van der Waals surface area contributed by atoms with E-state index in [1.807, 2.05) is 30.3 Å². The van der Waals surface area contributed by atoms with Gasteiger partial charge >= 0.3 is 0 Å². The van der Waals surface area contributed by atoms with Gasteiger partial charge in [-0.2, -0.15) is 0 Å². The topological polar surface area (TPSA) is 90.9 Å². The summed E-state index contributed by atoms with van der Waals surface area (Å²) in [7, 11) is 0. The highest BCUT2D eigenvalue weighted by Gasteiger charge is 2.23. The molecule has 2 unspecified atom stereocenters. The van der Waals surface area contributed by atoms with Crippen molar-refractivity contribution >= 4 is 11.8 Å². The summed E-state index contributed by atoms with van der Waals surface area (Å²) in [5.41, 5.74) is 0.865. The number of hydrogen-bond donors (Lipinski definition) is 3. The van der Waals surface area contributed by atoms with Crippen molar-refractivity contribution in [2.45, 2.75) is 18.9 Å². The van der Waals surface area contributed by atoms with Crippen LogP contribution in [-0.4, -0.2) is 73.9 Å². The van der Waals surface area contributed by atoms with Crippen molar-refractivity contribution in [2.24, 2.45) is 0 Å². The average molecular weight is 349 g/mol. The molecule has 1 fully saturated rings. The Morgan fingerprint density at radius 3 is 2.52 bits per heavy atom. The lowest BCUT2D eigenvalue weighted by Crippen LogP contribution is -2.51. The van der Waals surface area contributed by atoms with Crippen molar-refractivity contribution in [3.05, 3.63) is 35.9 Å². The molecule has 1 aliphatic heterocycles. The lowest BCUT2D eigenvalue weighted by atomic mass is 10.00. The molecule has 0 aliphatic carbocycles. The summed E-state index contributed by atoms with van der Waals surface area (Å²) in [5, 5.41) is 14.8. The number of nitrogens with zero attached hydrogens (tertiary/aromatic N) is 1. The predicted molar refractivity (Wildman–Crippen MR) is 94.1 cm³/mol. The van der Waals surface area contributed by atoms with Crippen LogP contribution in [0.3, 0.4) is 0 Å². The summed E-state index contributed by atoms with van der Waals surface area (Å²) in [5.74, 6) is -1.05. The molecule has 0 bridgehead atoms. The van der Waals surface area contributed by atoms with Gasteiger partial charge in [-0.25, -0.2) is 0 Å². The van der Waals surface area contributed by atoms with Gasteiger partial charge in [0.15, 0.2) is 0 Å². The Hall–Kier alpha value is -1.96. The van der Waals surface area contributed by atoms with E-state index in [1.54, 1.807) is 6.92 Å². The van der Waals surface area contributed by atoms with E-state index in [9.17, 15) is 14.7 Å². The number of aliphatic hydroxyl groups is 1. The first kappa shape index (κ1) is 19.4. The van der Waals surface area contributed by atoms with Gasteiger partial charge in [0.2, 0.25) is 11.8 Å². The van der Waals surface area contributed by atoms with Crippen LogP contribution in [0, 0.1) is 0 Å². The van der Waals surface area contributed by atoms with Crippen LogP contribution in [0.1, 0.15) is 18.4 Å². The Balaban J connectivity index is 1.77. The van der Waals surface area contributed by atoms with Crippen LogP contribution in [0.25, 0.3) is 0 Å². The zero-order valence-corrected chi connectivity index (χ0v) is 14.6. The number of amides is 2. The molecule has 1 heterocycles. The van der Waals surface area contributed by atoms with E-state index >= 15 is 0 Å². The maximum atomic E-state index is 12.3. The number of morpholine rings is 1. The Labute approximate surface area is 148 Å². The van der Waals surface area contributed by atoms with Gasteiger partial charge in [0.05, 0.1) is 25.7 Å². The van der Waals surface area contributed by atoms with Gasteiger partial charge in [-0.15, -0.1) is 0 Å². The number of benzene rings is 1. The minimum atomic E-state index is -0.941. The maximum absolute atomic E-state index is 12.3. The van der Waals surface area contributed by atoms with Gasteiger partial charge in [-0.05, 0) is 12.5 Å². The number of aliphatic hydroxyl groups excluding tert-OH is 1. The van der Waals surface area contributed by atoms with E-state index < -0.39 is 18.6 Å². The molecule has 2 rings (SSSR count). The average Bonchev–Trinajstić information content (AvgIpc) is 2.66. The smallest absolute Gasteiger partial charge is 0.245 e. The highest BCUT2D eigenvalue weighted by Crippen LogP contribution is 2.14. The molecule has 1 aromatic carbocycles. The van der Waals surface area contributed by atoms with Crippen LogP contribution in [0.5, 0.6) is 0 Å². The van der Waals surface area contributed by atoms with Gasteiger partial charge in [-0.3, -0.25) is 14.5 Å². The molecule has 1 saturated heterocycles. The van der Waals surface area contributed by atoms with Crippen LogP contribution >= 0.6 is 0 Å². The van der Waals surface area contributed by atoms with Crippen molar-refractivity contribution in [3.63, 3.8) is 0 Å². The monoisotopic (exact) mass is 349 g/mol. The number of ether oxygens (including phenoxy) is 1. The highest BCUT2D eigenvalue weighted by atomic mass is 16.5. The summed E-state index contributed by atoms with van der Waals surface area (Å²) in [6.45, 7) is 5.66. The van der Waals surface area contributed by atoms with Crippen molar-refractivity contribution in [1.29, 1.82) is 0 Å². The van der Waals surface area contributed by atoms with E-state index in [-0.39, 0.29) is 11.8 Å². The molecule has 1 aromatic rings. The lowest BCUT2D eigenvalue weighted by Gasteiger charge is -2.27. The lowest BCUT2D eigenvalue weighted by molar-refractivity contribution is -0.130. The van der Waals surface area contributed by atoms with Gasteiger partial charge in [0.25, 0.3) is 0 Å². The normalized spacial score (nSPS) is 17.5. The summed E-state index contributed by atoms with van der Waals surface area (Å²) < 4.78 is 5.28. The Kier molecular flexibility index (Phi) is 7.84. The standard InChI is InChI=1S/C18H27N3O4/c1-14(15-5-3-2-4-6-15)17(23)20-16(13-22)18(24)19-7-8-21-9-11-25-12-10-21/h2-6,14,16,22H,7-13H2,1H3,(H,19,24)(H,20,23). The zero-order chi connectivity index (χ0) is 18.1. The first-order chi connectivity index (χ1) is 12.1. The largest absolute Gasteiger partial charge is 0.394 e. The molecule has 2 amide bonds. The third-order valence-corrected chi connectivity index (χ3v) is 4.34. The van der Waals surface area contributed by atoms with Gasteiger partial charge < -0.3 is 20.5 Å². The maximum Gasteiger partial charge on any atom is 0.245 e. The molecular formula is C18H27N3O4. The van der Waals surface area contributed by atoms with Crippen LogP contribution in [0.15, 0.2) is 30.3 Å². The molecule has 7 heteroatoms. The molecule has 7 nitrogen and oxygen atoms in total. The first-order valence-corrected chi connectivity index (χ1v) is 8.66. The first-order valence-electron chi connectivity index (χ1n) is 8.66. The molecular weight excluding hydrogens is 322 g/mol.